The van der Waals surface area contributed by atoms with E-state index in [1.165, 1.54) is 27.0 Å². The lowest BCUT2D eigenvalue weighted by molar-refractivity contribution is -0.351. The van der Waals surface area contributed by atoms with E-state index in [2.05, 4.69) is 0 Å². The topological polar surface area (TPSA) is 132 Å². The van der Waals surface area contributed by atoms with Gasteiger partial charge in [-0.1, -0.05) is 20.8 Å². The molecule has 9 nitrogen and oxygen atoms in total. The summed E-state index contributed by atoms with van der Waals surface area (Å²) in [5, 5.41) is 24.7. The van der Waals surface area contributed by atoms with Gasteiger partial charge in [-0.15, -0.1) is 0 Å². The number of carbonyl (C=O) groups is 3. The van der Waals surface area contributed by atoms with E-state index in [4.69, 9.17) is 18.6 Å². The van der Waals surface area contributed by atoms with E-state index in [0.29, 0.717) is 30.6 Å². The van der Waals surface area contributed by atoms with E-state index in [0.717, 1.165) is 0 Å². The van der Waals surface area contributed by atoms with Gasteiger partial charge >= 0.3 is 17.9 Å². The average Bonchev–Trinajstić information content (AvgIpc) is 3.19. The van der Waals surface area contributed by atoms with Crippen LogP contribution >= 0.6 is 0 Å². The smallest absolute Gasteiger partial charge is 0.303 e. The minimum atomic E-state index is -1.79. The summed E-state index contributed by atoms with van der Waals surface area (Å²) in [7, 11) is 0. The van der Waals surface area contributed by atoms with Gasteiger partial charge in [-0.3, -0.25) is 14.4 Å². The van der Waals surface area contributed by atoms with E-state index in [9.17, 15) is 24.6 Å². The highest BCUT2D eigenvalue weighted by atomic mass is 16.6. The lowest BCUT2D eigenvalue weighted by atomic mass is 9.38. The van der Waals surface area contributed by atoms with Gasteiger partial charge in [-0.05, 0) is 37.2 Å². The zero-order chi connectivity index (χ0) is 26.1. The van der Waals surface area contributed by atoms with Crippen molar-refractivity contribution in [3.05, 3.63) is 23.7 Å². The van der Waals surface area contributed by atoms with E-state index < -0.39 is 70.1 Å². The summed E-state index contributed by atoms with van der Waals surface area (Å²) in [5.74, 6) is -2.58. The molecule has 0 radical (unpaired) electrons. The molecule has 2 fully saturated rings. The summed E-state index contributed by atoms with van der Waals surface area (Å²) < 4.78 is 23.1. The molecule has 0 amide bonds. The van der Waals surface area contributed by atoms with Crippen molar-refractivity contribution in [1.29, 1.82) is 0 Å². The van der Waals surface area contributed by atoms with Crippen LogP contribution < -0.4 is 0 Å². The highest BCUT2D eigenvalue weighted by molar-refractivity contribution is 5.68. The molecule has 2 N–H and O–H groups in total. The van der Waals surface area contributed by atoms with Crippen LogP contribution in [0.4, 0.5) is 0 Å². The maximum Gasteiger partial charge on any atom is 0.303 e. The molecule has 194 valence electrons. The van der Waals surface area contributed by atoms with Crippen LogP contribution in [-0.4, -0.2) is 52.0 Å². The Morgan fingerprint density at radius 2 is 1.57 bits per heavy atom. The number of hydrogen-bond acceptors (Lipinski definition) is 9. The second kappa shape index (κ2) is 8.06. The van der Waals surface area contributed by atoms with Crippen molar-refractivity contribution in [2.45, 2.75) is 97.2 Å². The Bertz CT molecular complexity index is 1040. The second-order valence-corrected chi connectivity index (χ2v) is 11.4. The molecular weight excluding hydrogens is 456 g/mol. The molecule has 0 aliphatic heterocycles. The monoisotopic (exact) mass is 492 g/mol. The summed E-state index contributed by atoms with van der Waals surface area (Å²) in [5.41, 5.74) is -4.83. The van der Waals surface area contributed by atoms with Crippen molar-refractivity contribution in [2.75, 3.05) is 0 Å². The standard InChI is InChI=1S/C26H36O9/c1-13(27)33-19-8-10-23(4,5)26(31)22(35-15(3)29)21(34-14(2)28)20-17(24(19,26)6)12-18-16(9-11-32-18)25(20,7)30/h9,11,17,19-22,30-31H,8,10,12H2,1-7H3/t17-,19-,20?,21+,22-,24-,25+,26-/m0/s1. The molecule has 8 atom stereocenters. The van der Waals surface area contributed by atoms with E-state index in [1.54, 1.807) is 13.0 Å². The highest BCUT2D eigenvalue weighted by Crippen LogP contribution is 2.68. The van der Waals surface area contributed by atoms with Crippen LogP contribution in [0, 0.1) is 22.7 Å². The van der Waals surface area contributed by atoms with E-state index in [-0.39, 0.29) is 0 Å². The molecule has 1 aromatic rings. The van der Waals surface area contributed by atoms with Gasteiger partial charge in [0.05, 0.1) is 11.9 Å². The number of ether oxygens (including phenoxy) is 3. The Labute approximate surface area is 205 Å². The first kappa shape index (κ1) is 25.7. The molecule has 0 aromatic carbocycles. The van der Waals surface area contributed by atoms with Gasteiger partial charge in [-0.2, -0.15) is 0 Å². The summed E-state index contributed by atoms with van der Waals surface area (Å²) in [6, 6.07) is 1.68. The Morgan fingerprint density at radius 1 is 0.971 bits per heavy atom. The third-order valence-electron chi connectivity index (χ3n) is 9.07. The first-order chi connectivity index (χ1) is 16.1. The van der Waals surface area contributed by atoms with Crippen LogP contribution in [0.1, 0.15) is 72.6 Å². The number of furan rings is 1. The van der Waals surface area contributed by atoms with E-state index >= 15 is 0 Å². The van der Waals surface area contributed by atoms with Crippen LogP contribution in [0.2, 0.25) is 0 Å². The predicted molar refractivity (Wildman–Crippen MR) is 122 cm³/mol. The molecule has 0 spiro atoms. The van der Waals surface area contributed by atoms with Gasteiger partial charge in [0.25, 0.3) is 0 Å². The Morgan fingerprint density at radius 3 is 2.14 bits per heavy atom. The first-order valence-corrected chi connectivity index (χ1v) is 12.1. The summed E-state index contributed by atoms with van der Waals surface area (Å²) in [6.07, 6.45) is -0.497. The van der Waals surface area contributed by atoms with Crippen LogP contribution in [0.3, 0.4) is 0 Å². The van der Waals surface area contributed by atoms with Crippen molar-refractivity contribution >= 4 is 17.9 Å². The number of esters is 3. The third kappa shape index (κ3) is 3.45. The van der Waals surface area contributed by atoms with Crippen molar-refractivity contribution in [2.24, 2.45) is 22.7 Å². The Balaban J connectivity index is 2.05. The number of carbonyl (C=O) groups excluding carboxylic acids is 3. The fourth-order valence-electron chi connectivity index (χ4n) is 7.62. The van der Waals surface area contributed by atoms with E-state index in [1.807, 2.05) is 20.8 Å². The number of rotatable bonds is 3. The molecule has 1 aromatic heterocycles. The second-order valence-electron chi connectivity index (χ2n) is 11.4. The first-order valence-electron chi connectivity index (χ1n) is 12.1. The highest BCUT2D eigenvalue weighted by Gasteiger charge is 2.78. The van der Waals surface area contributed by atoms with Crippen molar-refractivity contribution in [3.63, 3.8) is 0 Å². The SMILES string of the molecule is CC(=O)O[C@@H]1C2[C@H](Cc3occc3[C@@]2(C)O)[C@@]2(C)[C@@H](OC(C)=O)CCC(C)(C)[C@@]2(O)[C@H]1OC(C)=O. The van der Waals surface area contributed by atoms with Gasteiger partial charge in [0, 0.05) is 44.1 Å². The molecule has 1 heterocycles. The normalized spacial score (nSPS) is 41.6. The largest absolute Gasteiger partial charge is 0.469 e. The average molecular weight is 493 g/mol. The molecule has 2 saturated carbocycles. The minimum absolute atomic E-state index is 0.306. The van der Waals surface area contributed by atoms with Gasteiger partial charge in [0.2, 0.25) is 0 Å². The lowest BCUT2D eigenvalue weighted by Gasteiger charge is -2.70. The third-order valence-corrected chi connectivity index (χ3v) is 9.07. The van der Waals surface area contributed by atoms with Crippen molar-refractivity contribution < 1.29 is 43.2 Å². The van der Waals surface area contributed by atoms with Gasteiger partial charge < -0.3 is 28.8 Å². The maximum atomic E-state index is 12.8. The van der Waals surface area contributed by atoms with Crippen LogP contribution in [0.5, 0.6) is 0 Å². The molecule has 4 rings (SSSR count). The Hall–Kier alpha value is -2.39. The number of fused-ring (bicyclic) bond motifs is 4. The van der Waals surface area contributed by atoms with Gasteiger partial charge in [0.1, 0.15) is 23.6 Å². The van der Waals surface area contributed by atoms with Gasteiger partial charge in [-0.25, -0.2) is 0 Å². The number of aliphatic hydroxyl groups is 2. The van der Waals surface area contributed by atoms with Crippen LogP contribution in [0.25, 0.3) is 0 Å². The molecular formula is C26H36O9. The molecule has 1 unspecified atom stereocenters. The summed E-state index contributed by atoms with van der Waals surface area (Å²) in [4.78, 5) is 36.9. The quantitative estimate of drug-likeness (QED) is 0.483. The van der Waals surface area contributed by atoms with Crippen LogP contribution in [0.15, 0.2) is 16.7 Å². The zero-order valence-corrected chi connectivity index (χ0v) is 21.4. The van der Waals surface area contributed by atoms with Gasteiger partial charge in [0.15, 0.2) is 6.10 Å². The summed E-state index contributed by atoms with van der Waals surface area (Å²) in [6.45, 7) is 11.0. The van der Waals surface area contributed by atoms with Crippen molar-refractivity contribution in [3.8, 4) is 0 Å². The predicted octanol–water partition coefficient (Wildman–Crippen LogP) is 2.64. The number of hydrogen-bond donors (Lipinski definition) is 2. The maximum absolute atomic E-state index is 12.8. The fourth-order valence-corrected chi connectivity index (χ4v) is 7.62. The molecule has 3 aliphatic carbocycles. The molecule has 0 saturated heterocycles. The zero-order valence-electron chi connectivity index (χ0n) is 21.4. The summed E-state index contributed by atoms with van der Waals surface area (Å²) >= 11 is 0. The molecule has 0 bridgehead atoms. The van der Waals surface area contributed by atoms with Crippen LogP contribution in [-0.2, 0) is 40.6 Å². The lowest BCUT2D eigenvalue weighted by Crippen LogP contribution is -2.81. The fraction of sp³-hybridized carbons (Fsp3) is 0.731. The Kier molecular flexibility index (Phi) is 5.92. The molecule has 3 aliphatic rings. The van der Waals surface area contributed by atoms with Crippen molar-refractivity contribution in [1.82, 2.24) is 0 Å². The molecule has 35 heavy (non-hydrogen) atoms. The molecule has 9 heteroatoms. The minimum Gasteiger partial charge on any atom is -0.469 e.